The average Bonchev–Trinajstić information content (AvgIpc) is 2.93. The highest BCUT2D eigenvalue weighted by atomic mass is 32.1. The highest BCUT2D eigenvalue weighted by Gasteiger charge is 2.77. The van der Waals surface area contributed by atoms with Gasteiger partial charge in [0.05, 0.1) is 6.10 Å². The third-order valence-corrected chi connectivity index (χ3v) is 9.38. The number of rotatable bonds is 3. The number of ether oxygens (including phenoxy) is 1. The Bertz CT molecular complexity index is 949. The quantitative estimate of drug-likeness (QED) is 0.488. The molecule has 176 valence electrons. The van der Waals surface area contributed by atoms with Gasteiger partial charge in [-0.05, 0) is 49.8 Å². The molecule has 3 fully saturated rings. The summed E-state index contributed by atoms with van der Waals surface area (Å²) in [6, 6.07) is 0. The van der Waals surface area contributed by atoms with Crippen LogP contribution in [0.15, 0.2) is 23.8 Å². The highest BCUT2D eigenvalue weighted by molar-refractivity contribution is 7.96. The van der Waals surface area contributed by atoms with Crippen LogP contribution in [-0.4, -0.2) is 45.5 Å². The van der Waals surface area contributed by atoms with E-state index in [0.717, 1.165) is 6.08 Å². The van der Waals surface area contributed by atoms with E-state index in [1.165, 1.54) is 19.1 Å². The summed E-state index contributed by atoms with van der Waals surface area (Å²) in [4.78, 5) is 37.2. The van der Waals surface area contributed by atoms with Gasteiger partial charge in [0.1, 0.15) is 6.17 Å². The van der Waals surface area contributed by atoms with Crippen LogP contribution in [0.5, 0.6) is 0 Å². The molecule has 8 heteroatoms. The molecule has 0 amide bonds. The number of carbonyl (C=O) groups excluding carboxylic acids is 3. The standard InChI is InChI=1S/C24H30F2O5S/c1-5-19(29)31-24(20(30)32)12(2)8-14-15-10-17(25)16-9-13(27)6-7-21(16,3)23(15,26)18(28)11-22(14,24)4/h6-7,9,12,14-15,17-18,28H,5,8,10-11H2,1-4H3,(H,30,32)/t12?,14?,15?,17?,18?,21-,22-,23-,24-/m0/s1. The van der Waals surface area contributed by atoms with Gasteiger partial charge in [-0.2, -0.15) is 0 Å². The highest BCUT2D eigenvalue weighted by Crippen LogP contribution is 2.71. The monoisotopic (exact) mass is 468 g/mol. The molecule has 5 nitrogen and oxygen atoms in total. The molecule has 0 saturated heterocycles. The van der Waals surface area contributed by atoms with Crippen molar-refractivity contribution in [2.24, 2.45) is 28.6 Å². The molecule has 0 aliphatic heterocycles. The first-order chi connectivity index (χ1) is 14.8. The minimum absolute atomic E-state index is 0.0476. The van der Waals surface area contributed by atoms with Gasteiger partial charge in [0, 0.05) is 29.1 Å². The topological polar surface area (TPSA) is 80.7 Å². The van der Waals surface area contributed by atoms with Crippen LogP contribution in [0.3, 0.4) is 0 Å². The lowest BCUT2D eigenvalue weighted by molar-refractivity contribution is -0.228. The molecule has 3 saturated carbocycles. The van der Waals surface area contributed by atoms with Gasteiger partial charge in [-0.3, -0.25) is 14.4 Å². The fourth-order valence-electron chi connectivity index (χ4n) is 7.49. The predicted octanol–water partition coefficient (Wildman–Crippen LogP) is 3.70. The smallest absolute Gasteiger partial charge is 0.306 e. The van der Waals surface area contributed by atoms with E-state index in [4.69, 9.17) is 4.74 Å². The van der Waals surface area contributed by atoms with Gasteiger partial charge >= 0.3 is 5.97 Å². The minimum atomic E-state index is -2.24. The average molecular weight is 469 g/mol. The van der Waals surface area contributed by atoms with Crippen LogP contribution in [0.25, 0.3) is 0 Å². The van der Waals surface area contributed by atoms with Crippen molar-refractivity contribution in [3.63, 3.8) is 0 Å². The Hall–Kier alpha value is -1.54. The third kappa shape index (κ3) is 2.62. The Morgan fingerprint density at radius 2 is 1.94 bits per heavy atom. The van der Waals surface area contributed by atoms with Crippen molar-refractivity contribution < 1.29 is 33.0 Å². The van der Waals surface area contributed by atoms with Crippen molar-refractivity contribution in [2.45, 2.75) is 76.9 Å². The second-order valence-corrected chi connectivity index (χ2v) is 10.8. The van der Waals surface area contributed by atoms with Crippen molar-refractivity contribution in [2.75, 3.05) is 0 Å². The molecule has 4 aliphatic rings. The summed E-state index contributed by atoms with van der Waals surface area (Å²) in [6.45, 7) is 6.62. The molecule has 0 heterocycles. The first kappa shape index (κ1) is 23.6. The summed E-state index contributed by atoms with van der Waals surface area (Å²) in [5.41, 5.74) is -6.46. The zero-order valence-electron chi connectivity index (χ0n) is 18.7. The summed E-state index contributed by atoms with van der Waals surface area (Å²) in [5.74, 6) is -2.94. The molecule has 32 heavy (non-hydrogen) atoms. The summed E-state index contributed by atoms with van der Waals surface area (Å²) in [7, 11) is 0. The van der Waals surface area contributed by atoms with Crippen LogP contribution in [0, 0.1) is 28.6 Å². The van der Waals surface area contributed by atoms with Crippen LogP contribution in [-0.2, 0) is 19.1 Å². The number of thiol groups is 1. The molecule has 0 aromatic rings. The van der Waals surface area contributed by atoms with Gasteiger partial charge in [0.15, 0.2) is 17.1 Å². The molecule has 0 bridgehead atoms. The van der Waals surface area contributed by atoms with E-state index < -0.39 is 69.0 Å². The molecule has 0 aromatic carbocycles. The van der Waals surface area contributed by atoms with Gasteiger partial charge in [0.25, 0.3) is 0 Å². The molecular formula is C24H30F2O5S. The number of hydrogen-bond acceptors (Lipinski definition) is 5. The number of fused-ring (bicyclic) bond motifs is 5. The molecule has 4 aliphatic carbocycles. The lowest BCUT2D eigenvalue weighted by Crippen LogP contribution is -2.70. The number of ketones is 1. The van der Waals surface area contributed by atoms with Crippen molar-refractivity contribution in [1.29, 1.82) is 0 Å². The maximum absolute atomic E-state index is 17.1. The van der Waals surface area contributed by atoms with E-state index in [2.05, 4.69) is 12.6 Å². The molecule has 5 unspecified atom stereocenters. The van der Waals surface area contributed by atoms with Crippen molar-refractivity contribution in [3.8, 4) is 0 Å². The summed E-state index contributed by atoms with van der Waals surface area (Å²) in [6.07, 6.45) is 0.619. The van der Waals surface area contributed by atoms with Crippen molar-refractivity contribution in [3.05, 3.63) is 23.8 Å². The molecule has 4 rings (SSSR count). The van der Waals surface area contributed by atoms with E-state index in [-0.39, 0.29) is 24.8 Å². The number of allylic oxidation sites excluding steroid dienone is 4. The normalized spacial score (nSPS) is 49.6. The van der Waals surface area contributed by atoms with Gasteiger partial charge in [-0.25, -0.2) is 8.78 Å². The molecule has 1 N–H and O–H groups in total. The fourth-order valence-corrected chi connectivity index (χ4v) is 8.01. The number of aliphatic hydroxyl groups excluding tert-OH is 1. The van der Waals surface area contributed by atoms with Crippen molar-refractivity contribution in [1.82, 2.24) is 0 Å². The second-order valence-electron chi connectivity index (χ2n) is 10.4. The molecule has 0 radical (unpaired) electrons. The number of halogens is 2. The number of hydrogen-bond donors (Lipinski definition) is 2. The van der Waals surface area contributed by atoms with Crippen LogP contribution in [0.2, 0.25) is 0 Å². The van der Waals surface area contributed by atoms with Gasteiger partial charge in [0.2, 0.25) is 5.12 Å². The fraction of sp³-hybridized carbons (Fsp3) is 0.708. The molecule has 9 atom stereocenters. The van der Waals surface area contributed by atoms with E-state index in [1.807, 2.05) is 0 Å². The zero-order valence-corrected chi connectivity index (χ0v) is 19.6. The van der Waals surface area contributed by atoms with Crippen LogP contribution in [0.1, 0.15) is 53.4 Å². The summed E-state index contributed by atoms with van der Waals surface area (Å²) in [5, 5.41) is 10.7. The number of carbonyl (C=O) groups is 3. The SMILES string of the molecule is CCC(=O)O[C@]1(C(=O)S)C(C)CC2C3CC(F)C4=CC(=O)C=C[C@]4(C)[C@@]3(F)C(O)C[C@@]21C. The lowest BCUT2D eigenvalue weighted by Gasteiger charge is -2.63. The van der Waals surface area contributed by atoms with Crippen molar-refractivity contribution >= 4 is 29.5 Å². The number of esters is 1. The second kappa shape index (κ2) is 7.23. The Kier molecular flexibility index (Phi) is 5.33. The minimum Gasteiger partial charge on any atom is -0.449 e. The first-order valence-electron chi connectivity index (χ1n) is 11.2. The van der Waals surface area contributed by atoms with E-state index in [9.17, 15) is 19.5 Å². The summed E-state index contributed by atoms with van der Waals surface area (Å²) < 4.78 is 38.3. The number of aliphatic hydroxyl groups is 1. The molecular weight excluding hydrogens is 438 g/mol. The third-order valence-electron chi connectivity index (χ3n) is 9.05. The Morgan fingerprint density at radius 1 is 1.28 bits per heavy atom. The Morgan fingerprint density at radius 3 is 2.53 bits per heavy atom. The molecule has 0 spiro atoms. The van der Waals surface area contributed by atoms with Gasteiger partial charge in [-0.1, -0.05) is 26.8 Å². The Labute approximate surface area is 192 Å². The van der Waals surface area contributed by atoms with Crippen LogP contribution in [0.4, 0.5) is 8.78 Å². The van der Waals surface area contributed by atoms with Crippen LogP contribution >= 0.6 is 12.6 Å². The maximum Gasteiger partial charge on any atom is 0.306 e. The van der Waals surface area contributed by atoms with E-state index in [0.29, 0.717) is 6.42 Å². The van der Waals surface area contributed by atoms with E-state index >= 15 is 8.78 Å². The van der Waals surface area contributed by atoms with Gasteiger partial charge < -0.3 is 9.84 Å². The zero-order chi connectivity index (χ0) is 23.9. The van der Waals surface area contributed by atoms with Gasteiger partial charge in [-0.15, -0.1) is 12.6 Å². The number of alkyl halides is 2. The maximum atomic E-state index is 17.1. The first-order valence-corrected chi connectivity index (χ1v) is 11.7. The summed E-state index contributed by atoms with van der Waals surface area (Å²) >= 11 is 4.09. The largest absolute Gasteiger partial charge is 0.449 e. The van der Waals surface area contributed by atoms with E-state index in [1.54, 1.807) is 20.8 Å². The Balaban J connectivity index is 1.87. The van der Waals surface area contributed by atoms with Crippen LogP contribution < -0.4 is 0 Å². The lowest BCUT2D eigenvalue weighted by atomic mass is 9.44. The molecule has 0 aromatic heterocycles. The predicted molar refractivity (Wildman–Crippen MR) is 116 cm³/mol.